The molecule has 1 aromatic carbocycles. The van der Waals surface area contributed by atoms with Crippen molar-refractivity contribution in [1.82, 2.24) is 0 Å². The topological polar surface area (TPSA) is 61.8 Å². The maximum absolute atomic E-state index is 8.12. The molecule has 0 atom stereocenters. The molecule has 1 aromatic rings. The Bertz CT molecular complexity index is 552. The molecule has 0 bridgehead atoms. The Hall–Kier alpha value is -1.33. The van der Waals surface area contributed by atoms with Crippen LogP contribution in [-0.2, 0) is 18.9 Å². The van der Waals surface area contributed by atoms with Gasteiger partial charge in [0, 0.05) is 0 Å². The number of benzene rings is 1. The SMILES string of the molecule is CCCOc1ccc(B2OC(C)(C)C(C)(C)O2)cc1Cl.O=C=O. The molecule has 5 nitrogen and oxygen atoms in total. The standard InChI is InChI=1S/C15H22BClO3.CO2/c1-6-9-18-13-8-7-11(10-12(13)17)16-19-14(2,3)15(4,5)20-16;2-1-3/h7-8,10H,6,9H2,1-5H3;. The van der Waals surface area contributed by atoms with Gasteiger partial charge < -0.3 is 14.0 Å². The third-order valence-electron chi connectivity index (χ3n) is 3.94. The number of rotatable bonds is 4. The zero-order chi connectivity index (χ0) is 17.7. The Balaban J connectivity index is 0.000000816. The monoisotopic (exact) mass is 340 g/mol. The molecule has 0 aromatic heterocycles. The van der Waals surface area contributed by atoms with Gasteiger partial charge in [-0.1, -0.05) is 24.6 Å². The van der Waals surface area contributed by atoms with Crippen molar-refractivity contribution in [2.75, 3.05) is 6.61 Å². The summed E-state index contributed by atoms with van der Waals surface area (Å²) in [7, 11) is -0.391. The smallest absolute Gasteiger partial charge is 0.492 e. The summed E-state index contributed by atoms with van der Waals surface area (Å²) in [5.74, 6) is 0.703. The van der Waals surface area contributed by atoms with Gasteiger partial charge in [-0.25, -0.2) is 0 Å². The molecule has 1 aliphatic rings. The van der Waals surface area contributed by atoms with E-state index in [1.54, 1.807) is 0 Å². The highest BCUT2D eigenvalue weighted by atomic mass is 35.5. The second-order valence-corrected chi connectivity index (χ2v) is 6.62. The molecule has 0 aliphatic carbocycles. The average molecular weight is 341 g/mol. The molecule has 23 heavy (non-hydrogen) atoms. The Morgan fingerprint density at radius 2 is 1.70 bits per heavy atom. The fourth-order valence-electron chi connectivity index (χ4n) is 1.97. The van der Waals surface area contributed by atoms with E-state index >= 15 is 0 Å². The molecule has 1 fully saturated rings. The maximum Gasteiger partial charge on any atom is 0.494 e. The first-order valence-electron chi connectivity index (χ1n) is 7.45. The number of ether oxygens (including phenoxy) is 1. The lowest BCUT2D eigenvalue weighted by Crippen LogP contribution is -2.41. The normalized spacial score (nSPS) is 17.9. The van der Waals surface area contributed by atoms with Crippen molar-refractivity contribution in [3.8, 4) is 5.75 Å². The van der Waals surface area contributed by atoms with Gasteiger partial charge in [0.15, 0.2) is 0 Å². The molecule has 0 spiro atoms. The second kappa shape index (κ2) is 7.98. The molecular formula is C16H22BClO5. The Morgan fingerprint density at radius 1 is 1.17 bits per heavy atom. The van der Waals surface area contributed by atoms with Crippen molar-refractivity contribution < 1.29 is 23.6 Å². The number of hydrogen-bond donors (Lipinski definition) is 0. The number of carbonyl (C=O) groups excluding carboxylic acids is 2. The fraction of sp³-hybridized carbons (Fsp3) is 0.562. The van der Waals surface area contributed by atoms with E-state index in [2.05, 4.69) is 6.92 Å². The Morgan fingerprint density at radius 3 is 2.13 bits per heavy atom. The lowest BCUT2D eigenvalue weighted by atomic mass is 9.79. The van der Waals surface area contributed by atoms with Crippen molar-refractivity contribution in [2.45, 2.75) is 52.2 Å². The molecule has 0 unspecified atom stereocenters. The summed E-state index contributed by atoms with van der Waals surface area (Å²) in [5, 5.41) is 0.589. The Kier molecular flexibility index (Phi) is 6.84. The summed E-state index contributed by atoms with van der Waals surface area (Å²) in [6.45, 7) is 10.9. The third kappa shape index (κ3) is 4.82. The zero-order valence-corrected chi connectivity index (χ0v) is 14.9. The van der Waals surface area contributed by atoms with Crippen LogP contribution in [0.5, 0.6) is 5.75 Å². The quantitative estimate of drug-likeness (QED) is 0.789. The zero-order valence-electron chi connectivity index (χ0n) is 14.1. The summed E-state index contributed by atoms with van der Waals surface area (Å²) in [6, 6.07) is 5.67. The summed E-state index contributed by atoms with van der Waals surface area (Å²) >= 11 is 6.25. The van der Waals surface area contributed by atoms with E-state index in [0.29, 0.717) is 17.4 Å². The van der Waals surface area contributed by atoms with E-state index in [0.717, 1.165) is 11.9 Å². The van der Waals surface area contributed by atoms with Crippen LogP contribution in [0.25, 0.3) is 0 Å². The van der Waals surface area contributed by atoms with Crippen LogP contribution in [0.2, 0.25) is 5.02 Å². The van der Waals surface area contributed by atoms with E-state index in [9.17, 15) is 0 Å². The average Bonchev–Trinajstić information content (AvgIpc) is 2.67. The highest BCUT2D eigenvalue weighted by Crippen LogP contribution is 2.37. The van der Waals surface area contributed by atoms with Gasteiger partial charge in [0.25, 0.3) is 0 Å². The van der Waals surface area contributed by atoms with Crippen molar-refractivity contribution in [3.05, 3.63) is 23.2 Å². The lowest BCUT2D eigenvalue weighted by Gasteiger charge is -2.32. The summed E-state index contributed by atoms with van der Waals surface area (Å²) in [4.78, 5) is 16.2. The number of hydrogen-bond acceptors (Lipinski definition) is 5. The first-order chi connectivity index (χ1) is 10.7. The minimum atomic E-state index is -0.391. The molecule has 7 heteroatoms. The molecular weight excluding hydrogens is 318 g/mol. The van der Waals surface area contributed by atoms with Gasteiger partial charge in [-0.3, -0.25) is 0 Å². The first-order valence-corrected chi connectivity index (χ1v) is 7.83. The molecule has 0 saturated carbocycles. The van der Waals surface area contributed by atoms with Crippen LogP contribution in [0.1, 0.15) is 41.0 Å². The van der Waals surface area contributed by atoms with Crippen LogP contribution in [-0.4, -0.2) is 31.1 Å². The summed E-state index contributed by atoms with van der Waals surface area (Å²) < 4.78 is 17.6. The molecule has 0 N–H and O–H groups in total. The fourth-order valence-corrected chi connectivity index (χ4v) is 2.22. The lowest BCUT2D eigenvalue weighted by molar-refractivity contribution is -0.191. The molecule has 0 radical (unpaired) electrons. The number of halogens is 1. The predicted octanol–water partition coefficient (Wildman–Crippen LogP) is 2.84. The van der Waals surface area contributed by atoms with E-state index in [1.165, 1.54) is 0 Å². The van der Waals surface area contributed by atoms with Gasteiger partial charge in [0.1, 0.15) is 5.75 Å². The van der Waals surface area contributed by atoms with Gasteiger partial charge in [0.05, 0.1) is 22.8 Å². The van der Waals surface area contributed by atoms with E-state index < -0.39 is 7.12 Å². The van der Waals surface area contributed by atoms with E-state index in [1.807, 2.05) is 45.9 Å². The summed E-state index contributed by atoms with van der Waals surface area (Å²) in [5.41, 5.74) is 0.223. The van der Waals surface area contributed by atoms with Crippen molar-refractivity contribution in [3.63, 3.8) is 0 Å². The Labute approximate surface area is 142 Å². The minimum Gasteiger partial charge on any atom is -0.492 e. The minimum absolute atomic E-state index is 0.250. The van der Waals surface area contributed by atoms with Crippen LogP contribution in [0.15, 0.2) is 18.2 Å². The van der Waals surface area contributed by atoms with Crippen LogP contribution >= 0.6 is 11.6 Å². The second-order valence-electron chi connectivity index (χ2n) is 6.21. The first kappa shape index (κ1) is 19.7. The van der Waals surface area contributed by atoms with Gasteiger partial charge in [0.2, 0.25) is 0 Å². The molecule has 126 valence electrons. The van der Waals surface area contributed by atoms with Crippen molar-refractivity contribution in [1.29, 1.82) is 0 Å². The van der Waals surface area contributed by atoms with E-state index in [-0.39, 0.29) is 17.4 Å². The highest BCUT2D eigenvalue weighted by molar-refractivity contribution is 6.62. The van der Waals surface area contributed by atoms with Gasteiger partial charge in [-0.05, 0) is 51.7 Å². The molecule has 1 aliphatic heterocycles. The van der Waals surface area contributed by atoms with Crippen molar-refractivity contribution >= 4 is 30.3 Å². The molecule has 1 heterocycles. The maximum atomic E-state index is 8.12. The van der Waals surface area contributed by atoms with E-state index in [4.69, 9.17) is 35.2 Å². The van der Waals surface area contributed by atoms with Crippen LogP contribution in [0.4, 0.5) is 0 Å². The molecule has 1 saturated heterocycles. The van der Waals surface area contributed by atoms with Crippen LogP contribution in [0.3, 0.4) is 0 Å². The summed E-state index contributed by atoms with van der Waals surface area (Å²) in [6.07, 6.45) is 1.20. The van der Waals surface area contributed by atoms with Crippen LogP contribution in [0, 0.1) is 0 Å². The highest BCUT2D eigenvalue weighted by Gasteiger charge is 2.51. The van der Waals surface area contributed by atoms with Crippen LogP contribution < -0.4 is 10.2 Å². The predicted molar refractivity (Wildman–Crippen MR) is 88.0 cm³/mol. The van der Waals surface area contributed by atoms with Gasteiger partial charge in [-0.2, -0.15) is 9.59 Å². The van der Waals surface area contributed by atoms with Gasteiger partial charge in [-0.15, -0.1) is 0 Å². The van der Waals surface area contributed by atoms with Gasteiger partial charge >= 0.3 is 13.3 Å². The molecule has 2 rings (SSSR count). The third-order valence-corrected chi connectivity index (χ3v) is 4.24. The van der Waals surface area contributed by atoms with Crippen molar-refractivity contribution in [2.24, 2.45) is 0 Å². The largest absolute Gasteiger partial charge is 0.494 e. The molecule has 0 amide bonds.